The van der Waals surface area contributed by atoms with Gasteiger partial charge in [-0.3, -0.25) is 9.69 Å². The monoisotopic (exact) mass is 328 g/mol. The Morgan fingerprint density at radius 3 is 2.38 bits per heavy atom. The molecule has 21 heavy (non-hydrogen) atoms. The summed E-state index contributed by atoms with van der Waals surface area (Å²) in [7, 11) is 0. The van der Waals surface area contributed by atoms with E-state index in [9.17, 15) is 4.79 Å². The van der Waals surface area contributed by atoms with E-state index in [0.29, 0.717) is 15.7 Å². The molecule has 1 aliphatic rings. The summed E-state index contributed by atoms with van der Waals surface area (Å²) in [5.41, 5.74) is 0.616. The van der Waals surface area contributed by atoms with Crippen LogP contribution < -0.4 is 5.32 Å². The molecule has 3 nitrogen and oxygen atoms in total. The van der Waals surface area contributed by atoms with Crippen LogP contribution in [0.4, 0.5) is 5.69 Å². The van der Waals surface area contributed by atoms with Crippen molar-refractivity contribution in [1.82, 2.24) is 4.90 Å². The molecule has 1 atom stereocenters. The molecule has 0 unspecified atom stereocenters. The fraction of sp³-hybridized carbons (Fsp3) is 0.562. The minimum Gasteiger partial charge on any atom is -0.323 e. The van der Waals surface area contributed by atoms with Gasteiger partial charge in [-0.05, 0) is 51.1 Å². The van der Waals surface area contributed by atoms with E-state index >= 15 is 0 Å². The van der Waals surface area contributed by atoms with Crippen molar-refractivity contribution in [2.45, 2.75) is 45.1 Å². The van der Waals surface area contributed by atoms with Crippen LogP contribution in [-0.4, -0.2) is 29.9 Å². The van der Waals surface area contributed by atoms with Gasteiger partial charge >= 0.3 is 0 Å². The van der Waals surface area contributed by atoms with Gasteiger partial charge in [0.15, 0.2) is 0 Å². The van der Waals surface area contributed by atoms with E-state index in [1.54, 1.807) is 18.2 Å². The number of amides is 1. The minimum atomic E-state index is -0.144. The van der Waals surface area contributed by atoms with Crippen molar-refractivity contribution >= 4 is 34.8 Å². The van der Waals surface area contributed by atoms with E-state index < -0.39 is 0 Å². The predicted octanol–water partition coefficient (Wildman–Crippen LogP) is 4.59. The number of anilines is 1. The lowest BCUT2D eigenvalue weighted by atomic mass is 10.1. The number of halogens is 2. The Morgan fingerprint density at radius 2 is 1.76 bits per heavy atom. The van der Waals surface area contributed by atoms with Gasteiger partial charge in [0.1, 0.15) is 0 Å². The van der Waals surface area contributed by atoms with E-state index in [-0.39, 0.29) is 11.9 Å². The highest BCUT2D eigenvalue weighted by atomic mass is 35.5. The fourth-order valence-corrected chi connectivity index (χ4v) is 3.11. The molecule has 116 valence electrons. The molecule has 0 radical (unpaired) electrons. The van der Waals surface area contributed by atoms with Gasteiger partial charge in [0.25, 0.3) is 0 Å². The van der Waals surface area contributed by atoms with Crippen molar-refractivity contribution in [2.75, 3.05) is 18.4 Å². The van der Waals surface area contributed by atoms with E-state index in [2.05, 4.69) is 10.2 Å². The summed E-state index contributed by atoms with van der Waals surface area (Å²) in [6.07, 6.45) is 6.16. The minimum absolute atomic E-state index is 0.0141. The number of nitrogens with one attached hydrogen (secondary N) is 1. The Balaban J connectivity index is 1.97. The van der Waals surface area contributed by atoms with Gasteiger partial charge in [-0.25, -0.2) is 0 Å². The smallest absolute Gasteiger partial charge is 0.241 e. The summed E-state index contributed by atoms with van der Waals surface area (Å²) >= 11 is 12.0. The Bertz CT molecular complexity index is 485. The van der Waals surface area contributed by atoms with E-state index in [1.807, 2.05) is 6.92 Å². The molecule has 1 saturated heterocycles. The quantitative estimate of drug-likeness (QED) is 0.880. The van der Waals surface area contributed by atoms with Crippen LogP contribution in [0.1, 0.15) is 39.0 Å². The number of benzene rings is 1. The zero-order chi connectivity index (χ0) is 15.2. The number of carbonyl (C=O) groups is 1. The maximum absolute atomic E-state index is 12.4. The van der Waals surface area contributed by atoms with Crippen LogP contribution in [0.3, 0.4) is 0 Å². The molecule has 1 aromatic carbocycles. The molecule has 1 amide bonds. The number of rotatable bonds is 3. The van der Waals surface area contributed by atoms with Crippen LogP contribution in [0.15, 0.2) is 18.2 Å². The average Bonchev–Trinajstić information content (AvgIpc) is 2.41. The van der Waals surface area contributed by atoms with Crippen LogP contribution in [0, 0.1) is 0 Å². The van der Waals surface area contributed by atoms with Gasteiger partial charge in [-0.15, -0.1) is 0 Å². The number of nitrogens with zero attached hydrogens (tertiary/aromatic N) is 1. The number of hydrogen-bond acceptors (Lipinski definition) is 2. The van der Waals surface area contributed by atoms with Crippen molar-refractivity contribution in [2.24, 2.45) is 0 Å². The highest BCUT2D eigenvalue weighted by molar-refractivity contribution is 6.36. The SMILES string of the molecule is C[C@@H](C(=O)Nc1ccc(Cl)cc1Cl)N1CCCCCCC1. The molecule has 0 saturated carbocycles. The highest BCUT2D eigenvalue weighted by Gasteiger charge is 2.22. The molecule has 1 fully saturated rings. The van der Waals surface area contributed by atoms with Crippen molar-refractivity contribution in [3.63, 3.8) is 0 Å². The van der Waals surface area contributed by atoms with E-state index in [0.717, 1.165) is 13.1 Å². The third-order valence-corrected chi connectivity index (χ3v) is 4.55. The maximum atomic E-state index is 12.4. The van der Waals surface area contributed by atoms with Gasteiger partial charge in [0.2, 0.25) is 5.91 Å². The maximum Gasteiger partial charge on any atom is 0.241 e. The van der Waals surface area contributed by atoms with E-state index in [4.69, 9.17) is 23.2 Å². The van der Waals surface area contributed by atoms with Crippen LogP contribution in [-0.2, 0) is 4.79 Å². The second-order valence-corrected chi connectivity index (χ2v) is 6.44. The molecule has 0 spiro atoms. The Hall–Kier alpha value is -0.770. The molecule has 2 rings (SSSR count). The number of hydrogen-bond donors (Lipinski definition) is 1. The first kappa shape index (κ1) is 16.6. The summed E-state index contributed by atoms with van der Waals surface area (Å²) in [5, 5.41) is 3.93. The van der Waals surface area contributed by atoms with Crippen LogP contribution in [0.25, 0.3) is 0 Å². The summed E-state index contributed by atoms with van der Waals surface area (Å²) in [4.78, 5) is 14.7. The molecule has 0 bridgehead atoms. The number of likely N-dealkylation sites (tertiary alicyclic amines) is 1. The lowest BCUT2D eigenvalue weighted by molar-refractivity contribution is -0.120. The van der Waals surface area contributed by atoms with Crippen LogP contribution in [0.2, 0.25) is 10.0 Å². The average molecular weight is 329 g/mol. The summed E-state index contributed by atoms with van der Waals surface area (Å²) < 4.78 is 0. The zero-order valence-electron chi connectivity index (χ0n) is 12.4. The highest BCUT2D eigenvalue weighted by Crippen LogP contribution is 2.25. The molecule has 0 aliphatic carbocycles. The Labute approximate surface area is 136 Å². The van der Waals surface area contributed by atoms with E-state index in [1.165, 1.54) is 32.1 Å². The van der Waals surface area contributed by atoms with Crippen molar-refractivity contribution < 1.29 is 4.79 Å². The number of carbonyl (C=O) groups excluding carboxylic acids is 1. The van der Waals surface area contributed by atoms with Gasteiger partial charge < -0.3 is 5.32 Å². The molecule has 5 heteroatoms. The second-order valence-electron chi connectivity index (χ2n) is 5.59. The normalized spacial score (nSPS) is 18.6. The fourth-order valence-electron chi connectivity index (χ4n) is 2.65. The second kappa shape index (κ2) is 8.02. The molecular weight excluding hydrogens is 307 g/mol. The third kappa shape index (κ3) is 4.87. The Morgan fingerprint density at radius 1 is 1.14 bits per heavy atom. The summed E-state index contributed by atoms with van der Waals surface area (Å²) in [5.74, 6) is -0.0141. The first-order chi connectivity index (χ1) is 10.1. The van der Waals surface area contributed by atoms with Crippen molar-refractivity contribution in [1.29, 1.82) is 0 Å². The standard InChI is InChI=1S/C16H22Cl2N2O/c1-12(20-9-5-3-2-4-6-10-20)16(21)19-15-8-7-13(17)11-14(15)18/h7-8,11-12H,2-6,9-10H2,1H3,(H,19,21)/t12-/m0/s1. The molecule has 1 aromatic rings. The Kier molecular flexibility index (Phi) is 6.34. The van der Waals surface area contributed by atoms with Gasteiger partial charge in [0.05, 0.1) is 16.8 Å². The zero-order valence-corrected chi connectivity index (χ0v) is 13.9. The molecular formula is C16H22Cl2N2O. The van der Waals surface area contributed by atoms with Crippen LogP contribution >= 0.6 is 23.2 Å². The van der Waals surface area contributed by atoms with Crippen LogP contribution in [0.5, 0.6) is 0 Å². The molecule has 1 N–H and O–H groups in total. The van der Waals surface area contributed by atoms with Crippen molar-refractivity contribution in [3.8, 4) is 0 Å². The first-order valence-electron chi connectivity index (χ1n) is 7.58. The lowest BCUT2D eigenvalue weighted by Crippen LogP contribution is -2.43. The topological polar surface area (TPSA) is 32.3 Å². The molecule has 1 heterocycles. The van der Waals surface area contributed by atoms with Gasteiger partial charge in [-0.1, -0.05) is 42.5 Å². The van der Waals surface area contributed by atoms with Gasteiger partial charge in [0, 0.05) is 5.02 Å². The lowest BCUT2D eigenvalue weighted by Gasteiger charge is -2.29. The first-order valence-corrected chi connectivity index (χ1v) is 8.33. The molecule has 0 aromatic heterocycles. The van der Waals surface area contributed by atoms with Gasteiger partial charge in [-0.2, -0.15) is 0 Å². The van der Waals surface area contributed by atoms with Crippen molar-refractivity contribution in [3.05, 3.63) is 28.2 Å². The summed E-state index contributed by atoms with van der Waals surface area (Å²) in [6.45, 7) is 3.94. The third-order valence-electron chi connectivity index (χ3n) is 4.01. The largest absolute Gasteiger partial charge is 0.323 e. The molecule has 1 aliphatic heterocycles. The summed E-state index contributed by atoms with van der Waals surface area (Å²) in [6, 6.07) is 4.96. The predicted molar refractivity (Wildman–Crippen MR) is 89.2 cm³/mol.